The van der Waals surface area contributed by atoms with Gasteiger partial charge in [0.15, 0.2) is 5.78 Å². The van der Waals surface area contributed by atoms with E-state index < -0.39 is 28.8 Å². The maximum atomic E-state index is 13.0. The third-order valence-electron chi connectivity index (χ3n) is 7.11. The van der Waals surface area contributed by atoms with Gasteiger partial charge < -0.3 is 13.9 Å². The SMILES string of the molecule is C[C@]12C[C@@H](c3ccoc3)OC(=O)[C@@H]1CC[C@@]13COC(=O)[C@@H]1C=CC(=O)[C@H]23. The zero-order valence-electron chi connectivity index (χ0n) is 14.5. The summed E-state index contributed by atoms with van der Waals surface area (Å²) in [6.45, 7) is 2.26. The van der Waals surface area contributed by atoms with Crippen LogP contribution in [0.15, 0.2) is 35.2 Å². The van der Waals surface area contributed by atoms with Crippen LogP contribution < -0.4 is 0 Å². The van der Waals surface area contributed by atoms with E-state index in [4.69, 9.17) is 13.9 Å². The second kappa shape index (κ2) is 5.09. The highest BCUT2D eigenvalue weighted by Crippen LogP contribution is 2.65. The Hall–Kier alpha value is -2.37. The number of carbonyl (C=O) groups excluding carboxylic acids is 3. The lowest BCUT2D eigenvalue weighted by Gasteiger charge is -2.57. The average Bonchev–Trinajstić information content (AvgIpc) is 3.23. The quantitative estimate of drug-likeness (QED) is 0.719. The first kappa shape index (κ1) is 15.9. The Morgan fingerprint density at radius 1 is 1.19 bits per heavy atom. The van der Waals surface area contributed by atoms with Crippen LogP contribution in [-0.4, -0.2) is 24.3 Å². The van der Waals surface area contributed by atoms with Crippen molar-refractivity contribution < 1.29 is 28.3 Å². The molecular weight excluding hydrogens is 336 g/mol. The molecule has 1 spiro atoms. The van der Waals surface area contributed by atoms with Gasteiger partial charge in [0.2, 0.25) is 0 Å². The summed E-state index contributed by atoms with van der Waals surface area (Å²) < 4.78 is 16.2. The molecule has 1 saturated carbocycles. The molecule has 3 heterocycles. The van der Waals surface area contributed by atoms with Crippen LogP contribution in [0.25, 0.3) is 0 Å². The van der Waals surface area contributed by atoms with Crippen molar-refractivity contribution >= 4 is 17.7 Å². The van der Waals surface area contributed by atoms with Crippen LogP contribution in [0.1, 0.15) is 37.9 Å². The van der Waals surface area contributed by atoms with Crippen LogP contribution in [0.4, 0.5) is 0 Å². The van der Waals surface area contributed by atoms with Crippen LogP contribution in [0.5, 0.6) is 0 Å². The molecule has 5 rings (SSSR count). The average molecular weight is 356 g/mol. The van der Waals surface area contributed by atoms with Gasteiger partial charge in [0, 0.05) is 16.9 Å². The zero-order chi connectivity index (χ0) is 18.1. The van der Waals surface area contributed by atoms with Gasteiger partial charge in [-0.1, -0.05) is 13.0 Å². The number of hydrogen-bond acceptors (Lipinski definition) is 6. The molecule has 6 atom stereocenters. The van der Waals surface area contributed by atoms with Crippen LogP contribution in [0.2, 0.25) is 0 Å². The van der Waals surface area contributed by atoms with E-state index in [0.717, 1.165) is 5.56 Å². The fraction of sp³-hybridized carbons (Fsp3) is 0.550. The molecular formula is C20H20O6. The Balaban J connectivity index is 1.61. The van der Waals surface area contributed by atoms with Crippen LogP contribution in [-0.2, 0) is 23.9 Å². The van der Waals surface area contributed by atoms with Gasteiger partial charge in [-0.2, -0.15) is 0 Å². The lowest BCUT2D eigenvalue weighted by Crippen LogP contribution is -2.60. The number of ether oxygens (including phenoxy) is 2. The largest absolute Gasteiger partial charge is 0.472 e. The van der Waals surface area contributed by atoms with Crippen molar-refractivity contribution in [2.24, 2.45) is 28.6 Å². The zero-order valence-corrected chi connectivity index (χ0v) is 14.5. The number of carbonyl (C=O) groups is 3. The first-order valence-electron chi connectivity index (χ1n) is 9.07. The minimum atomic E-state index is -0.580. The van der Waals surface area contributed by atoms with E-state index in [-0.39, 0.29) is 30.2 Å². The van der Waals surface area contributed by atoms with E-state index in [1.807, 2.05) is 6.92 Å². The topological polar surface area (TPSA) is 82.8 Å². The third kappa shape index (κ3) is 1.85. The summed E-state index contributed by atoms with van der Waals surface area (Å²) in [7, 11) is 0. The van der Waals surface area contributed by atoms with Gasteiger partial charge in [-0.05, 0) is 36.8 Å². The van der Waals surface area contributed by atoms with E-state index in [1.165, 1.54) is 6.08 Å². The normalized spacial score (nSPS) is 44.0. The first-order valence-corrected chi connectivity index (χ1v) is 9.07. The second-order valence-electron chi connectivity index (χ2n) is 8.30. The first-order chi connectivity index (χ1) is 12.5. The number of hydrogen-bond donors (Lipinski definition) is 0. The van der Waals surface area contributed by atoms with Crippen molar-refractivity contribution in [2.75, 3.05) is 6.61 Å². The van der Waals surface area contributed by atoms with Gasteiger partial charge in [-0.25, -0.2) is 0 Å². The van der Waals surface area contributed by atoms with Gasteiger partial charge in [0.05, 0.1) is 31.0 Å². The van der Waals surface area contributed by atoms with Crippen LogP contribution >= 0.6 is 0 Å². The molecule has 6 heteroatoms. The molecule has 2 aliphatic carbocycles. The molecule has 0 bridgehead atoms. The molecule has 0 radical (unpaired) electrons. The summed E-state index contributed by atoms with van der Waals surface area (Å²) in [6, 6.07) is 1.79. The highest BCUT2D eigenvalue weighted by Gasteiger charge is 2.68. The molecule has 1 aromatic heterocycles. The summed E-state index contributed by atoms with van der Waals surface area (Å²) in [6.07, 6.45) is 7.67. The summed E-state index contributed by atoms with van der Waals surface area (Å²) in [5.74, 6) is -1.68. The van der Waals surface area contributed by atoms with Gasteiger partial charge in [-0.15, -0.1) is 0 Å². The molecule has 4 aliphatic rings. The monoisotopic (exact) mass is 356 g/mol. The summed E-state index contributed by atoms with van der Waals surface area (Å²) in [4.78, 5) is 38.1. The fourth-order valence-corrected chi connectivity index (χ4v) is 5.98. The Labute approximate surface area is 150 Å². The van der Waals surface area contributed by atoms with E-state index in [0.29, 0.717) is 19.3 Å². The molecule has 6 nitrogen and oxygen atoms in total. The summed E-state index contributed by atoms with van der Waals surface area (Å²) >= 11 is 0. The van der Waals surface area contributed by atoms with Crippen molar-refractivity contribution in [1.29, 1.82) is 0 Å². The maximum absolute atomic E-state index is 13.0. The smallest absolute Gasteiger partial charge is 0.313 e. The molecule has 0 aromatic carbocycles. The van der Waals surface area contributed by atoms with Crippen molar-refractivity contribution in [3.63, 3.8) is 0 Å². The highest BCUT2D eigenvalue weighted by molar-refractivity contribution is 5.98. The standard InChI is InChI=1S/C20H20O6/c1-19-8-15(11-5-7-24-9-11)26-18(23)12(19)4-6-20-10-25-17(22)13(20)2-3-14(21)16(19)20/h2-3,5,7,9,12-13,15-16H,4,6,8,10H2,1H3/t12-,13-,15-,16+,19-,20+/m0/s1. The molecule has 2 aliphatic heterocycles. The van der Waals surface area contributed by atoms with E-state index in [9.17, 15) is 14.4 Å². The molecule has 3 fully saturated rings. The third-order valence-corrected chi connectivity index (χ3v) is 7.11. The summed E-state index contributed by atoms with van der Waals surface area (Å²) in [5, 5.41) is 0. The van der Waals surface area contributed by atoms with E-state index >= 15 is 0 Å². The lowest BCUT2D eigenvalue weighted by molar-refractivity contribution is -0.194. The number of esters is 2. The van der Waals surface area contributed by atoms with Gasteiger partial charge >= 0.3 is 11.9 Å². The molecule has 0 unspecified atom stereocenters. The number of rotatable bonds is 1. The number of fused-ring (bicyclic) bond motifs is 2. The predicted octanol–water partition coefficient (Wildman–Crippen LogP) is 2.60. The highest BCUT2D eigenvalue weighted by atomic mass is 16.5. The van der Waals surface area contributed by atoms with Crippen molar-refractivity contribution in [2.45, 2.75) is 32.3 Å². The molecule has 0 amide bonds. The molecule has 136 valence electrons. The summed E-state index contributed by atoms with van der Waals surface area (Å²) in [5.41, 5.74) is -0.317. The van der Waals surface area contributed by atoms with Crippen LogP contribution in [0.3, 0.4) is 0 Å². The number of ketones is 1. The van der Waals surface area contributed by atoms with Gasteiger partial charge in [0.25, 0.3) is 0 Å². The Morgan fingerprint density at radius 2 is 2.04 bits per heavy atom. The van der Waals surface area contributed by atoms with Crippen LogP contribution in [0, 0.1) is 28.6 Å². The molecule has 1 aromatic rings. The second-order valence-corrected chi connectivity index (χ2v) is 8.30. The van der Waals surface area contributed by atoms with Gasteiger partial charge in [0.1, 0.15) is 6.10 Å². The Morgan fingerprint density at radius 3 is 2.81 bits per heavy atom. The molecule has 2 saturated heterocycles. The predicted molar refractivity (Wildman–Crippen MR) is 87.5 cm³/mol. The number of furan rings is 1. The minimum Gasteiger partial charge on any atom is -0.472 e. The Kier molecular flexibility index (Phi) is 3.10. The number of allylic oxidation sites excluding steroid dienone is 1. The minimum absolute atomic E-state index is 0.00704. The van der Waals surface area contributed by atoms with Gasteiger partial charge in [-0.3, -0.25) is 14.4 Å². The van der Waals surface area contributed by atoms with E-state index in [2.05, 4.69) is 0 Å². The fourth-order valence-electron chi connectivity index (χ4n) is 5.98. The maximum Gasteiger partial charge on any atom is 0.313 e. The number of cyclic esters (lactones) is 2. The molecule has 26 heavy (non-hydrogen) atoms. The van der Waals surface area contributed by atoms with Crippen molar-refractivity contribution in [3.05, 3.63) is 36.3 Å². The molecule has 0 N–H and O–H groups in total. The Bertz CT molecular complexity index is 823. The van der Waals surface area contributed by atoms with Crippen molar-refractivity contribution in [1.82, 2.24) is 0 Å². The van der Waals surface area contributed by atoms with E-state index in [1.54, 1.807) is 24.7 Å². The van der Waals surface area contributed by atoms with Crippen molar-refractivity contribution in [3.8, 4) is 0 Å². The lowest BCUT2D eigenvalue weighted by atomic mass is 9.44.